The number of hydrogen-bond acceptors (Lipinski definition) is 15. The van der Waals surface area contributed by atoms with Crippen LogP contribution in [0.2, 0.25) is 5.02 Å². The molecule has 0 radical (unpaired) electrons. The largest absolute Gasteiger partial charge is 0.496 e. The Morgan fingerprint density at radius 1 is 0.930 bits per heavy atom. The van der Waals surface area contributed by atoms with Gasteiger partial charge in [-0.05, 0) is 71.6 Å². The van der Waals surface area contributed by atoms with Gasteiger partial charge >= 0.3 is 0 Å². The van der Waals surface area contributed by atoms with Gasteiger partial charge in [-0.25, -0.2) is 24.3 Å². The number of hydrogen-bond donors (Lipinski definition) is 1. The number of piperazine rings is 1. The van der Waals surface area contributed by atoms with Crippen molar-refractivity contribution in [1.82, 2.24) is 24.8 Å². The molecule has 16 nitrogen and oxygen atoms in total. The van der Waals surface area contributed by atoms with Crippen LogP contribution in [0.25, 0.3) is 43.2 Å². The third-order valence-corrected chi connectivity index (χ3v) is 14.8. The van der Waals surface area contributed by atoms with Crippen LogP contribution in [0.15, 0.2) is 97.5 Å². The van der Waals surface area contributed by atoms with Gasteiger partial charge in [-0.15, -0.1) is 11.3 Å². The molecule has 8 rings (SSSR count). The number of aromatic nitrogens is 4. The second-order valence-electron chi connectivity index (χ2n) is 17.2. The van der Waals surface area contributed by atoms with Gasteiger partial charge in [0.05, 0.1) is 61.2 Å². The highest BCUT2D eigenvalue weighted by atomic mass is 35.5. The fraction of sp³-hybridized carbons (Fsp3) is 0.294. The summed E-state index contributed by atoms with van der Waals surface area (Å²) in [7, 11) is -0.306. The van der Waals surface area contributed by atoms with E-state index in [4.69, 9.17) is 44.8 Å². The Labute approximate surface area is 419 Å². The number of methoxy groups -OCH3 is 1. The first-order chi connectivity index (χ1) is 34.3. The lowest BCUT2D eigenvalue weighted by Gasteiger charge is -2.42. The van der Waals surface area contributed by atoms with Gasteiger partial charge in [-0.2, -0.15) is 8.42 Å². The molecule has 1 unspecified atom stereocenters. The number of quaternary nitrogens is 1. The first-order valence-electron chi connectivity index (χ1n) is 22.7. The van der Waals surface area contributed by atoms with E-state index in [1.54, 1.807) is 37.6 Å². The molecule has 1 N–H and O–H groups in total. The summed E-state index contributed by atoms with van der Waals surface area (Å²) < 4.78 is 76.7. The maximum absolute atomic E-state index is 14.9. The van der Waals surface area contributed by atoms with Crippen molar-refractivity contribution in [2.45, 2.75) is 32.5 Å². The average molecular weight is 1030 g/mol. The molecule has 1 atom stereocenters. The van der Waals surface area contributed by atoms with Gasteiger partial charge in [0.1, 0.15) is 41.6 Å². The molecule has 1 aliphatic rings. The summed E-state index contributed by atoms with van der Waals surface area (Å²) in [6, 6.07) is 24.4. The summed E-state index contributed by atoms with van der Waals surface area (Å²) in [5, 5.41) is 0.834. The molecule has 1 aliphatic heterocycles. The van der Waals surface area contributed by atoms with Gasteiger partial charge in [0.2, 0.25) is 5.88 Å². The summed E-state index contributed by atoms with van der Waals surface area (Å²) >= 11 is 8.39. The van der Waals surface area contributed by atoms with Crippen LogP contribution in [0.4, 0.5) is 4.39 Å². The Morgan fingerprint density at radius 2 is 1.70 bits per heavy atom. The molecule has 0 aliphatic carbocycles. The van der Waals surface area contributed by atoms with Crippen LogP contribution in [-0.2, 0) is 32.7 Å². The van der Waals surface area contributed by atoms with Crippen molar-refractivity contribution in [3.05, 3.63) is 125 Å². The van der Waals surface area contributed by atoms with Gasteiger partial charge < -0.3 is 28.2 Å². The molecule has 1 saturated heterocycles. The standard InChI is InChI=1S/C51H50ClFN6O10S2/c1-33-38(14-16-43(47(33)52)66-25-21-58-19-23-59(2,24-20-58)22-8-26-71(62,63)64)45-46-50(55-31-56-51(46)70-48(45)35-13-15-40(53)44(28-35)68-32-61)69-37(29-60)27-34-9-4-6-11-41(34)67-30-36-17-18-54-49(57-36)39-10-5-7-12-42(39)65-3/h4-7,9-18,28-29,31-32,37H,8,19-27,30H2,1-3H3/p+1. The predicted octanol–water partition coefficient (Wildman–Crippen LogP) is 8.31. The topological polar surface area (TPSA) is 189 Å². The first-order valence-corrected chi connectivity index (χ1v) is 25.5. The number of nitrogens with zero attached hydrogens (tertiary/aromatic N) is 6. The number of halogens is 2. The average Bonchev–Trinajstić information content (AvgIpc) is 3.76. The molecule has 0 saturated carbocycles. The zero-order chi connectivity index (χ0) is 50.1. The Morgan fingerprint density at radius 3 is 2.46 bits per heavy atom. The number of fused-ring (bicyclic) bond motifs is 1. The van der Waals surface area contributed by atoms with Gasteiger partial charge in [-0.1, -0.05) is 54.1 Å². The fourth-order valence-electron chi connectivity index (χ4n) is 8.51. The van der Waals surface area contributed by atoms with E-state index in [1.165, 1.54) is 29.8 Å². The third-order valence-electron chi connectivity index (χ3n) is 12.4. The summed E-state index contributed by atoms with van der Waals surface area (Å²) in [5.74, 6) is 0.983. The molecule has 0 bridgehead atoms. The van der Waals surface area contributed by atoms with Crippen molar-refractivity contribution in [2.24, 2.45) is 0 Å². The number of thiophene rings is 1. The molecule has 7 aromatic rings. The predicted molar refractivity (Wildman–Crippen MR) is 267 cm³/mol. The molecule has 0 spiro atoms. The van der Waals surface area contributed by atoms with E-state index in [0.717, 1.165) is 36.2 Å². The highest BCUT2D eigenvalue weighted by Gasteiger charge is 2.30. The minimum Gasteiger partial charge on any atom is -0.496 e. The maximum atomic E-state index is 14.9. The van der Waals surface area contributed by atoms with Crippen LogP contribution in [0, 0.1) is 12.7 Å². The summed E-state index contributed by atoms with van der Waals surface area (Å²) in [5.41, 5.74) is 4.47. The number of benzene rings is 4. The normalized spacial score (nSPS) is 14.2. The second kappa shape index (κ2) is 22.6. The van der Waals surface area contributed by atoms with Crippen molar-refractivity contribution in [3.63, 3.8) is 0 Å². The summed E-state index contributed by atoms with van der Waals surface area (Å²) in [6.07, 6.45) is 3.17. The molecule has 71 heavy (non-hydrogen) atoms. The number of likely N-dealkylation sites (N-methyl/N-ethyl adjacent to an activating group) is 1. The molecule has 4 heterocycles. The van der Waals surface area contributed by atoms with Crippen LogP contribution >= 0.6 is 22.9 Å². The van der Waals surface area contributed by atoms with E-state index in [1.807, 2.05) is 55.5 Å². The number of aldehydes is 1. The van der Waals surface area contributed by atoms with E-state index >= 15 is 0 Å². The number of carbonyl (C=O) groups excluding carboxylic acids is 2. The van der Waals surface area contributed by atoms with E-state index in [2.05, 4.69) is 26.9 Å². The molecule has 0 amide bonds. The lowest BCUT2D eigenvalue weighted by molar-refractivity contribution is -0.913. The van der Waals surface area contributed by atoms with Crippen molar-refractivity contribution >= 4 is 56.0 Å². The SMILES string of the molecule is COc1ccccc1-c1nccc(COc2ccccc2CC(C=O)Oc2ncnc3sc(-c4ccc(F)c(OC=O)c4)c(-c4ccc(OCCN5CC[N+](C)(CCCS(=O)(=O)O)CC5)c(Cl)c4C)c23)n1. The Balaban J connectivity index is 1.04. The molecular formula is C51H51ClFN6O10S2+. The van der Waals surface area contributed by atoms with Crippen molar-refractivity contribution in [3.8, 4) is 61.8 Å². The number of ether oxygens (including phenoxy) is 5. The Bertz CT molecular complexity index is 3150. The number of rotatable bonds is 22. The van der Waals surface area contributed by atoms with E-state index in [-0.39, 0.29) is 36.9 Å². The van der Waals surface area contributed by atoms with Crippen LogP contribution in [0.1, 0.15) is 23.2 Å². The van der Waals surface area contributed by atoms with Crippen molar-refractivity contribution in [2.75, 3.05) is 65.8 Å². The zero-order valence-corrected chi connectivity index (χ0v) is 41.5. The van der Waals surface area contributed by atoms with Gasteiger partial charge in [0, 0.05) is 49.1 Å². The van der Waals surface area contributed by atoms with Gasteiger partial charge in [0.15, 0.2) is 29.8 Å². The molecular weight excluding hydrogens is 975 g/mol. The monoisotopic (exact) mass is 1030 g/mol. The quantitative estimate of drug-likeness (QED) is 0.0387. The lowest BCUT2D eigenvalue weighted by Crippen LogP contribution is -2.58. The minimum absolute atomic E-state index is 0.111. The lowest BCUT2D eigenvalue weighted by atomic mass is 9.95. The van der Waals surface area contributed by atoms with Crippen LogP contribution in [-0.4, -0.2) is 127 Å². The second-order valence-corrected chi connectivity index (χ2v) is 20.1. The third kappa shape index (κ3) is 12.3. The van der Waals surface area contributed by atoms with Crippen LogP contribution in [0.5, 0.6) is 28.9 Å². The fourth-order valence-corrected chi connectivity index (χ4v) is 10.4. The number of carbonyl (C=O) groups is 2. The zero-order valence-electron chi connectivity index (χ0n) is 39.1. The molecule has 4 aromatic carbocycles. The molecule has 20 heteroatoms. The van der Waals surface area contributed by atoms with Gasteiger partial charge in [0.25, 0.3) is 16.6 Å². The summed E-state index contributed by atoms with van der Waals surface area (Å²) in [6.45, 7) is 7.02. The Kier molecular flexibility index (Phi) is 16.2. The van der Waals surface area contributed by atoms with Crippen LogP contribution in [0.3, 0.4) is 0 Å². The highest BCUT2D eigenvalue weighted by molar-refractivity contribution is 7.85. The molecule has 1 fully saturated rings. The number of para-hydroxylation sites is 2. The highest BCUT2D eigenvalue weighted by Crippen LogP contribution is 2.50. The molecule has 370 valence electrons. The van der Waals surface area contributed by atoms with E-state index < -0.39 is 22.0 Å². The molecule has 3 aromatic heterocycles. The van der Waals surface area contributed by atoms with E-state index in [9.17, 15) is 22.4 Å². The van der Waals surface area contributed by atoms with Crippen molar-refractivity contribution < 1.29 is 55.1 Å². The van der Waals surface area contributed by atoms with Gasteiger partial charge in [-0.3, -0.25) is 19.0 Å². The smallest absolute Gasteiger partial charge is 0.298 e. The van der Waals surface area contributed by atoms with Crippen LogP contribution < -0.4 is 23.7 Å². The summed E-state index contributed by atoms with van der Waals surface area (Å²) in [4.78, 5) is 46.0. The Hall–Kier alpha value is -6.61. The first kappa shape index (κ1) is 50.8. The van der Waals surface area contributed by atoms with E-state index in [0.29, 0.717) is 109 Å². The maximum Gasteiger partial charge on any atom is 0.298 e. The minimum atomic E-state index is -3.99. The van der Waals surface area contributed by atoms with Crippen molar-refractivity contribution in [1.29, 1.82) is 0 Å².